The van der Waals surface area contributed by atoms with Crippen molar-refractivity contribution in [2.75, 3.05) is 0 Å². The lowest BCUT2D eigenvalue weighted by molar-refractivity contribution is 0.615. The Morgan fingerprint density at radius 2 is 2.19 bits per heavy atom. The van der Waals surface area contributed by atoms with E-state index in [2.05, 4.69) is 27.5 Å². The molecular formula is C11H15N5. The summed E-state index contributed by atoms with van der Waals surface area (Å²) in [5.74, 6) is 0. The first kappa shape index (κ1) is 10.8. The fraction of sp³-hybridized carbons (Fsp3) is 0.364. The first-order valence-corrected chi connectivity index (χ1v) is 5.21. The Morgan fingerprint density at radius 1 is 1.31 bits per heavy atom. The van der Waals surface area contributed by atoms with Gasteiger partial charge in [0.2, 0.25) is 0 Å². The van der Waals surface area contributed by atoms with Gasteiger partial charge in [0, 0.05) is 32.5 Å². The van der Waals surface area contributed by atoms with Crippen molar-refractivity contribution in [2.45, 2.75) is 20.0 Å². The van der Waals surface area contributed by atoms with Crippen molar-refractivity contribution in [3.8, 4) is 0 Å². The summed E-state index contributed by atoms with van der Waals surface area (Å²) in [4.78, 5) is 4.11. The van der Waals surface area contributed by atoms with Crippen LogP contribution < -0.4 is 5.32 Å². The van der Waals surface area contributed by atoms with Crippen molar-refractivity contribution in [1.29, 1.82) is 0 Å². The molecule has 0 aromatic carbocycles. The van der Waals surface area contributed by atoms with Crippen LogP contribution in [0.5, 0.6) is 0 Å². The SMILES string of the molecule is Cc1ccncc1CNCc1cnnn1C. The molecule has 5 heteroatoms. The molecule has 0 amide bonds. The van der Waals surface area contributed by atoms with Crippen molar-refractivity contribution >= 4 is 0 Å². The highest BCUT2D eigenvalue weighted by Crippen LogP contribution is 2.04. The summed E-state index contributed by atoms with van der Waals surface area (Å²) in [6.45, 7) is 3.66. The maximum atomic E-state index is 4.11. The molecule has 1 N–H and O–H groups in total. The van der Waals surface area contributed by atoms with E-state index in [-0.39, 0.29) is 0 Å². The minimum absolute atomic E-state index is 0.762. The van der Waals surface area contributed by atoms with E-state index in [1.54, 1.807) is 10.9 Å². The van der Waals surface area contributed by atoms with E-state index in [9.17, 15) is 0 Å². The second kappa shape index (κ2) is 4.85. The lowest BCUT2D eigenvalue weighted by atomic mass is 10.1. The summed E-state index contributed by atoms with van der Waals surface area (Å²) >= 11 is 0. The lowest BCUT2D eigenvalue weighted by Gasteiger charge is -2.06. The summed E-state index contributed by atoms with van der Waals surface area (Å²) in [5.41, 5.74) is 3.55. The van der Waals surface area contributed by atoms with Gasteiger partial charge in [0.1, 0.15) is 0 Å². The van der Waals surface area contributed by atoms with Crippen molar-refractivity contribution in [1.82, 2.24) is 25.3 Å². The van der Waals surface area contributed by atoms with Gasteiger partial charge in [-0.3, -0.25) is 9.67 Å². The highest BCUT2D eigenvalue weighted by Gasteiger charge is 2.00. The van der Waals surface area contributed by atoms with Gasteiger partial charge in [-0.05, 0) is 24.1 Å². The van der Waals surface area contributed by atoms with Crippen LogP contribution in [0, 0.1) is 6.92 Å². The molecule has 2 aromatic heterocycles. The molecule has 0 fully saturated rings. The molecule has 0 bridgehead atoms. The molecule has 5 nitrogen and oxygen atoms in total. The fourth-order valence-corrected chi connectivity index (χ4v) is 1.48. The van der Waals surface area contributed by atoms with Crippen molar-refractivity contribution in [3.05, 3.63) is 41.5 Å². The molecule has 16 heavy (non-hydrogen) atoms. The monoisotopic (exact) mass is 217 g/mol. The van der Waals surface area contributed by atoms with Gasteiger partial charge < -0.3 is 5.32 Å². The Bertz CT molecular complexity index is 463. The molecule has 2 rings (SSSR count). The zero-order valence-electron chi connectivity index (χ0n) is 9.51. The average Bonchev–Trinajstić information content (AvgIpc) is 2.67. The Kier molecular flexibility index (Phi) is 3.26. The van der Waals surface area contributed by atoms with E-state index >= 15 is 0 Å². The number of nitrogens with zero attached hydrogens (tertiary/aromatic N) is 4. The number of pyridine rings is 1. The van der Waals surface area contributed by atoms with Crippen LogP contribution in [0.15, 0.2) is 24.7 Å². The van der Waals surface area contributed by atoms with Crippen LogP contribution in [-0.2, 0) is 20.1 Å². The molecule has 2 heterocycles. The van der Waals surface area contributed by atoms with Gasteiger partial charge in [-0.1, -0.05) is 5.21 Å². The van der Waals surface area contributed by atoms with Crippen molar-refractivity contribution in [3.63, 3.8) is 0 Å². The number of nitrogens with one attached hydrogen (secondary N) is 1. The Labute approximate surface area is 94.5 Å². The summed E-state index contributed by atoms with van der Waals surface area (Å²) in [7, 11) is 1.89. The van der Waals surface area contributed by atoms with Crippen molar-refractivity contribution < 1.29 is 0 Å². The number of rotatable bonds is 4. The Balaban J connectivity index is 1.89. The van der Waals surface area contributed by atoms with E-state index in [4.69, 9.17) is 0 Å². The predicted molar refractivity (Wildman–Crippen MR) is 60.5 cm³/mol. The molecule has 0 unspecified atom stereocenters. The third-order valence-corrected chi connectivity index (χ3v) is 2.58. The highest BCUT2D eigenvalue weighted by atomic mass is 15.4. The van der Waals surface area contributed by atoms with Gasteiger partial charge in [-0.25, -0.2) is 0 Å². The quantitative estimate of drug-likeness (QED) is 0.823. The molecular weight excluding hydrogens is 202 g/mol. The average molecular weight is 217 g/mol. The summed E-state index contributed by atoms with van der Waals surface area (Å²) in [6.07, 6.45) is 5.47. The van der Waals surface area contributed by atoms with Crippen LogP contribution in [0.25, 0.3) is 0 Å². The molecule has 0 saturated heterocycles. The number of hydrogen-bond acceptors (Lipinski definition) is 4. The maximum Gasteiger partial charge on any atom is 0.0738 e. The van der Waals surface area contributed by atoms with Gasteiger partial charge in [-0.2, -0.15) is 0 Å². The second-order valence-electron chi connectivity index (χ2n) is 3.75. The van der Waals surface area contributed by atoms with Gasteiger partial charge in [0.15, 0.2) is 0 Å². The fourth-order valence-electron chi connectivity index (χ4n) is 1.48. The minimum atomic E-state index is 0.762. The molecule has 0 aliphatic carbocycles. The van der Waals surface area contributed by atoms with E-state index < -0.39 is 0 Å². The molecule has 0 atom stereocenters. The van der Waals surface area contributed by atoms with Gasteiger partial charge in [0.05, 0.1) is 11.9 Å². The van der Waals surface area contributed by atoms with Gasteiger partial charge in [0.25, 0.3) is 0 Å². The van der Waals surface area contributed by atoms with E-state index in [1.165, 1.54) is 11.1 Å². The van der Waals surface area contributed by atoms with Crippen LogP contribution >= 0.6 is 0 Å². The Hall–Kier alpha value is -1.75. The van der Waals surface area contributed by atoms with Crippen molar-refractivity contribution in [2.24, 2.45) is 7.05 Å². The third-order valence-electron chi connectivity index (χ3n) is 2.58. The normalized spacial score (nSPS) is 10.6. The molecule has 84 valence electrons. The zero-order valence-corrected chi connectivity index (χ0v) is 9.51. The van der Waals surface area contributed by atoms with Crippen LogP contribution in [0.1, 0.15) is 16.8 Å². The van der Waals surface area contributed by atoms with Crippen LogP contribution in [0.2, 0.25) is 0 Å². The molecule has 0 aliphatic rings. The smallest absolute Gasteiger partial charge is 0.0738 e. The molecule has 2 aromatic rings. The summed E-state index contributed by atoms with van der Waals surface area (Å²) in [6, 6.07) is 2.02. The van der Waals surface area contributed by atoms with Crippen LogP contribution in [0.3, 0.4) is 0 Å². The summed E-state index contributed by atoms with van der Waals surface area (Å²) in [5, 5.41) is 11.0. The maximum absolute atomic E-state index is 4.11. The Morgan fingerprint density at radius 3 is 2.88 bits per heavy atom. The number of aryl methyl sites for hydroxylation is 2. The molecule has 0 aliphatic heterocycles. The van der Waals surface area contributed by atoms with Gasteiger partial charge in [-0.15, -0.1) is 5.10 Å². The van der Waals surface area contributed by atoms with Crippen LogP contribution in [-0.4, -0.2) is 20.0 Å². The topological polar surface area (TPSA) is 55.6 Å². The number of hydrogen-bond donors (Lipinski definition) is 1. The second-order valence-corrected chi connectivity index (χ2v) is 3.75. The molecule has 0 spiro atoms. The standard InChI is InChI=1S/C11H15N5/c1-9-3-4-12-5-10(9)6-13-7-11-8-14-15-16(11)2/h3-5,8,13H,6-7H2,1-2H3. The third kappa shape index (κ3) is 2.43. The number of aromatic nitrogens is 4. The first-order valence-electron chi connectivity index (χ1n) is 5.21. The summed E-state index contributed by atoms with van der Waals surface area (Å²) < 4.78 is 1.77. The minimum Gasteiger partial charge on any atom is -0.307 e. The highest BCUT2D eigenvalue weighted by molar-refractivity contribution is 5.21. The van der Waals surface area contributed by atoms with E-state index in [1.807, 2.05) is 25.5 Å². The largest absolute Gasteiger partial charge is 0.307 e. The molecule has 0 saturated carbocycles. The zero-order chi connectivity index (χ0) is 11.4. The molecule has 0 radical (unpaired) electrons. The first-order chi connectivity index (χ1) is 7.77. The predicted octanol–water partition coefficient (Wildman–Crippen LogP) is 0.808. The van der Waals surface area contributed by atoms with Crippen LogP contribution in [0.4, 0.5) is 0 Å². The lowest BCUT2D eigenvalue weighted by Crippen LogP contribution is -2.16. The van der Waals surface area contributed by atoms with E-state index in [0.717, 1.165) is 18.8 Å². The van der Waals surface area contributed by atoms with E-state index in [0.29, 0.717) is 0 Å². The van der Waals surface area contributed by atoms with Gasteiger partial charge >= 0.3 is 0 Å².